The molecule has 0 spiro atoms. The van der Waals surface area contributed by atoms with E-state index in [2.05, 4.69) is 177 Å². The molecular formula is C46H53N3S2. The lowest BCUT2D eigenvalue weighted by atomic mass is 9.93. The largest absolute Gasteiger partial charge is 0.358 e. The van der Waals surface area contributed by atoms with Crippen LogP contribution < -0.4 is 0 Å². The first kappa shape index (κ1) is 36.5. The number of thiophene rings is 2. The Kier molecular flexibility index (Phi) is 11.7. The van der Waals surface area contributed by atoms with E-state index in [9.17, 15) is 0 Å². The number of benzene rings is 3. The van der Waals surface area contributed by atoms with Crippen molar-refractivity contribution in [1.29, 1.82) is 0 Å². The lowest BCUT2D eigenvalue weighted by molar-refractivity contribution is 0.643. The van der Waals surface area contributed by atoms with Gasteiger partial charge in [-0.15, -0.1) is 11.3 Å². The third-order valence-electron chi connectivity index (χ3n) is 9.94. The van der Waals surface area contributed by atoms with E-state index in [1.54, 1.807) is 22.7 Å². The summed E-state index contributed by atoms with van der Waals surface area (Å²) >= 11 is 3.52. The van der Waals surface area contributed by atoms with Gasteiger partial charge in [0.15, 0.2) is 0 Å². The van der Waals surface area contributed by atoms with Crippen LogP contribution in [-0.4, -0.2) is 15.0 Å². The number of aromatic nitrogens is 3. The molecule has 8 aromatic rings. The van der Waals surface area contributed by atoms with E-state index in [1.807, 2.05) is 0 Å². The monoisotopic (exact) mass is 711 g/mol. The minimum absolute atomic E-state index is 0.548. The van der Waals surface area contributed by atoms with Gasteiger partial charge in [0, 0.05) is 38.5 Å². The number of nitrogens with one attached hydrogen (secondary N) is 3. The molecule has 0 unspecified atom stereocenters. The van der Waals surface area contributed by atoms with Crippen molar-refractivity contribution in [2.75, 3.05) is 0 Å². The molecule has 0 fully saturated rings. The minimum Gasteiger partial charge on any atom is -0.358 e. The van der Waals surface area contributed by atoms with E-state index in [0.717, 1.165) is 0 Å². The average molecular weight is 712 g/mol. The number of hydrogen-bond donors (Lipinski definition) is 3. The first-order chi connectivity index (χ1) is 24.6. The van der Waals surface area contributed by atoms with Crippen molar-refractivity contribution < 1.29 is 0 Å². The van der Waals surface area contributed by atoms with E-state index in [0.29, 0.717) is 23.7 Å². The fourth-order valence-electron chi connectivity index (χ4n) is 6.62. The second-order valence-electron chi connectivity index (χ2n) is 14.6. The number of rotatable bonds is 8. The Balaban J connectivity index is 0.000000132. The average Bonchev–Trinajstić information content (AvgIpc) is 3.97. The van der Waals surface area contributed by atoms with Crippen LogP contribution in [0.2, 0.25) is 0 Å². The standard InChI is InChI=1S/C16H23N.2C15H15NS/c1-5-12(6-2)13-7-8-15-14(9-13)10-16(17-15)11(3)4;1-10(2)14-8-12-4-3-11(7-15(12)16-14)13-5-6-17-9-13;1-10(2)13-8-11-5-6-12(9-14(11)16-13)15-4-3-7-17-15/h7-12,17H,5-6H2,1-4H3;2*3-10,16H,1-2H3. The van der Waals surface area contributed by atoms with Gasteiger partial charge in [-0.1, -0.05) is 91.8 Å². The van der Waals surface area contributed by atoms with E-state index in [4.69, 9.17) is 0 Å². The first-order valence-electron chi connectivity index (χ1n) is 18.6. The van der Waals surface area contributed by atoms with Crippen LogP contribution >= 0.6 is 22.7 Å². The molecule has 0 saturated carbocycles. The van der Waals surface area contributed by atoms with Crippen molar-refractivity contribution in [2.24, 2.45) is 0 Å². The fraction of sp³-hybridized carbons (Fsp3) is 0.304. The third kappa shape index (κ3) is 8.60. The maximum Gasteiger partial charge on any atom is 0.0462 e. The molecule has 0 radical (unpaired) electrons. The first-order valence-corrected chi connectivity index (χ1v) is 20.4. The van der Waals surface area contributed by atoms with Gasteiger partial charge in [0.2, 0.25) is 0 Å². The molecule has 0 aliphatic rings. The normalized spacial score (nSPS) is 11.6. The van der Waals surface area contributed by atoms with Gasteiger partial charge in [-0.25, -0.2) is 0 Å². The van der Waals surface area contributed by atoms with Crippen LogP contribution in [0.15, 0.2) is 107 Å². The summed E-state index contributed by atoms with van der Waals surface area (Å²) in [7, 11) is 0. The van der Waals surface area contributed by atoms with Crippen LogP contribution in [0.1, 0.15) is 115 Å². The van der Waals surface area contributed by atoms with Crippen LogP contribution in [0.25, 0.3) is 54.3 Å². The Bertz CT molecular complexity index is 2150. The van der Waals surface area contributed by atoms with Crippen LogP contribution in [-0.2, 0) is 0 Å². The van der Waals surface area contributed by atoms with Gasteiger partial charge in [0.1, 0.15) is 0 Å². The van der Waals surface area contributed by atoms with Crippen molar-refractivity contribution in [3.8, 4) is 21.6 Å². The second kappa shape index (κ2) is 16.4. The molecule has 3 aromatic carbocycles. The molecule has 51 heavy (non-hydrogen) atoms. The lowest BCUT2D eigenvalue weighted by Crippen LogP contribution is -1.94. The van der Waals surface area contributed by atoms with Gasteiger partial charge < -0.3 is 15.0 Å². The highest BCUT2D eigenvalue weighted by Gasteiger charge is 2.11. The molecule has 0 aliphatic heterocycles. The smallest absolute Gasteiger partial charge is 0.0462 e. The van der Waals surface area contributed by atoms with Crippen LogP contribution in [0, 0.1) is 0 Å². The molecule has 5 heterocycles. The predicted octanol–water partition coefficient (Wildman–Crippen LogP) is 15.2. The van der Waals surface area contributed by atoms with E-state index in [1.165, 1.54) is 89.8 Å². The highest BCUT2D eigenvalue weighted by molar-refractivity contribution is 7.13. The summed E-state index contributed by atoms with van der Waals surface area (Å²) in [6.07, 6.45) is 2.45. The molecule has 0 amide bonds. The molecule has 264 valence electrons. The van der Waals surface area contributed by atoms with Crippen molar-refractivity contribution in [3.05, 3.63) is 130 Å². The summed E-state index contributed by atoms with van der Waals surface area (Å²) in [6, 6.07) is 33.4. The fourth-order valence-corrected chi connectivity index (χ4v) is 8.01. The number of H-pyrrole nitrogens is 3. The SMILES string of the molecule is CC(C)c1cc2ccc(-c3cccs3)cc2[nH]1.CC(C)c1cc2ccc(-c3ccsc3)cc2[nH]1.CCC(CC)c1ccc2[nH]c(C(C)C)cc2c1. The molecular weight excluding hydrogens is 659 g/mol. The Labute approximate surface area is 312 Å². The maximum absolute atomic E-state index is 3.50. The zero-order chi connectivity index (χ0) is 36.1. The molecule has 0 atom stereocenters. The number of aromatic amines is 3. The lowest BCUT2D eigenvalue weighted by Gasteiger charge is -2.12. The Morgan fingerprint density at radius 2 is 1.08 bits per heavy atom. The van der Waals surface area contributed by atoms with E-state index in [-0.39, 0.29) is 0 Å². The molecule has 5 heteroatoms. The summed E-state index contributed by atoms with van der Waals surface area (Å²) in [5, 5.41) is 10.4. The minimum atomic E-state index is 0.548. The molecule has 3 N–H and O–H groups in total. The zero-order valence-corrected chi connectivity index (χ0v) is 33.1. The summed E-state index contributed by atoms with van der Waals surface area (Å²) in [5.74, 6) is 2.37. The van der Waals surface area contributed by atoms with Crippen molar-refractivity contribution >= 4 is 55.4 Å². The maximum atomic E-state index is 3.50. The summed E-state index contributed by atoms with van der Waals surface area (Å²) in [4.78, 5) is 11.8. The van der Waals surface area contributed by atoms with Crippen molar-refractivity contribution in [2.45, 2.75) is 91.9 Å². The van der Waals surface area contributed by atoms with Gasteiger partial charge in [-0.05, 0) is 146 Å². The highest BCUT2D eigenvalue weighted by atomic mass is 32.1. The molecule has 3 nitrogen and oxygen atoms in total. The second-order valence-corrected chi connectivity index (χ2v) is 16.3. The van der Waals surface area contributed by atoms with Crippen LogP contribution in [0.3, 0.4) is 0 Å². The number of fused-ring (bicyclic) bond motifs is 3. The molecule has 0 bridgehead atoms. The van der Waals surface area contributed by atoms with E-state index >= 15 is 0 Å². The Morgan fingerprint density at radius 3 is 1.61 bits per heavy atom. The highest BCUT2D eigenvalue weighted by Crippen LogP contribution is 2.31. The van der Waals surface area contributed by atoms with Gasteiger partial charge in [0.05, 0.1) is 0 Å². The molecule has 5 aromatic heterocycles. The topological polar surface area (TPSA) is 47.4 Å². The summed E-state index contributed by atoms with van der Waals surface area (Å²) < 4.78 is 0. The van der Waals surface area contributed by atoms with E-state index < -0.39 is 0 Å². The third-order valence-corrected chi connectivity index (χ3v) is 11.5. The predicted molar refractivity (Wildman–Crippen MR) is 227 cm³/mol. The van der Waals surface area contributed by atoms with Crippen molar-refractivity contribution in [1.82, 2.24) is 15.0 Å². The van der Waals surface area contributed by atoms with Crippen LogP contribution in [0.5, 0.6) is 0 Å². The molecule has 0 saturated heterocycles. The molecule has 8 rings (SSSR count). The van der Waals surface area contributed by atoms with Gasteiger partial charge in [-0.2, -0.15) is 11.3 Å². The quantitative estimate of drug-likeness (QED) is 0.141. The van der Waals surface area contributed by atoms with Gasteiger partial charge in [0.25, 0.3) is 0 Å². The zero-order valence-electron chi connectivity index (χ0n) is 31.4. The van der Waals surface area contributed by atoms with Gasteiger partial charge in [-0.3, -0.25) is 0 Å². The molecule has 0 aliphatic carbocycles. The Morgan fingerprint density at radius 1 is 0.510 bits per heavy atom. The van der Waals surface area contributed by atoms with Gasteiger partial charge >= 0.3 is 0 Å². The summed E-state index contributed by atoms with van der Waals surface area (Å²) in [6.45, 7) is 17.9. The Hall–Kier alpha value is -4.32. The van der Waals surface area contributed by atoms with Crippen molar-refractivity contribution in [3.63, 3.8) is 0 Å². The van der Waals surface area contributed by atoms with Crippen LogP contribution in [0.4, 0.5) is 0 Å². The number of hydrogen-bond acceptors (Lipinski definition) is 2. The summed E-state index contributed by atoms with van der Waals surface area (Å²) in [5.41, 5.74) is 13.1.